The highest BCUT2D eigenvalue weighted by Crippen LogP contribution is 2.29. The third-order valence-corrected chi connectivity index (χ3v) is 4.45. The fourth-order valence-electron chi connectivity index (χ4n) is 2.77. The first-order valence-electron chi connectivity index (χ1n) is 7.91. The second-order valence-corrected chi connectivity index (χ2v) is 6.45. The van der Waals surface area contributed by atoms with E-state index >= 15 is 0 Å². The van der Waals surface area contributed by atoms with E-state index in [1.165, 1.54) is 5.56 Å². The summed E-state index contributed by atoms with van der Waals surface area (Å²) in [5.41, 5.74) is 11.4. The molecule has 3 aromatic carbocycles. The molecular weight excluding hydrogens is 318 g/mol. The number of nitrogens with two attached hydrogens (primary N) is 1. The van der Waals surface area contributed by atoms with Crippen molar-refractivity contribution in [3.63, 3.8) is 0 Å². The maximum atomic E-state index is 10.6. The number of hydrogen-bond acceptors (Lipinski definition) is 2. The highest BCUT2D eigenvalue weighted by molar-refractivity contribution is 6.30. The van der Waals surface area contributed by atoms with Gasteiger partial charge in [0.05, 0.1) is 12.1 Å². The van der Waals surface area contributed by atoms with E-state index in [1.807, 2.05) is 42.5 Å². The van der Waals surface area contributed by atoms with Crippen molar-refractivity contribution >= 4 is 11.6 Å². The fraction of sp³-hybridized carbons (Fsp3) is 0.143. The molecule has 0 fully saturated rings. The molecule has 0 heterocycles. The molecule has 2 nitrogen and oxygen atoms in total. The Balaban J connectivity index is 1.80. The molecule has 3 heteroatoms. The Bertz CT molecular complexity index is 812. The second kappa shape index (κ2) is 7.18. The van der Waals surface area contributed by atoms with E-state index in [1.54, 1.807) is 12.1 Å². The van der Waals surface area contributed by atoms with Gasteiger partial charge in [-0.2, -0.15) is 0 Å². The molecule has 0 aliphatic carbocycles. The lowest BCUT2D eigenvalue weighted by Crippen LogP contribution is -2.19. The molecule has 0 aliphatic heterocycles. The van der Waals surface area contributed by atoms with E-state index in [-0.39, 0.29) is 0 Å². The number of rotatable bonds is 4. The van der Waals surface area contributed by atoms with Gasteiger partial charge in [0.1, 0.15) is 0 Å². The van der Waals surface area contributed by atoms with Gasteiger partial charge >= 0.3 is 0 Å². The van der Waals surface area contributed by atoms with Gasteiger partial charge in [0.2, 0.25) is 0 Å². The van der Waals surface area contributed by atoms with Crippen LogP contribution in [0.25, 0.3) is 11.1 Å². The maximum absolute atomic E-state index is 10.6. The van der Waals surface area contributed by atoms with Crippen LogP contribution in [0.1, 0.15) is 28.8 Å². The van der Waals surface area contributed by atoms with Crippen LogP contribution in [0.15, 0.2) is 72.8 Å². The predicted octanol–water partition coefficient (Wildman–Crippen LogP) is 5.05. The second-order valence-electron chi connectivity index (χ2n) is 6.01. The SMILES string of the molecule is Cc1cccc(-c2ccc(C(O)C(N)c3ccc(Cl)cc3)cc2)c1. The molecule has 0 aliphatic rings. The van der Waals surface area contributed by atoms with Crippen LogP contribution in [0.2, 0.25) is 5.02 Å². The first kappa shape index (κ1) is 16.7. The highest BCUT2D eigenvalue weighted by atomic mass is 35.5. The van der Waals surface area contributed by atoms with Crippen molar-refractivity contribution in [1.82, 2.24) is 0 Å². The van der Waals surface area contributed by atoms with E-state index in [0.29, 0.717) is 5.02 Å². The Morgan fingerprint density at radius 2 is 1.46 bits per heavy atom. The zero-order valence-corrected chi connectivity index (χ0v) is 14.2. The van der Waals surface area contributed by atoms with Gasteiger partial charge in [-0.25, -0.2) is 0 Å². The van der Waals surface area contributed by atoms with Gasteiger partial charge in [0.25, 0.3) is 0 Å². The summed E-state index contributed by atoms with van der Waals surface area (Å²) >= 11 is 5.90. The van der Waals surface area contributed by atoms with Crippen LogP contribution >= 0.6 is 11.6 Å². The lowest BCUT2D eigenvalue weighted by atomic mass is 9.95. The van der Waals surface area contributed by atoms with E-state index in [4.69, 9.17) is 17.3 Å². The Labute approximate surface area is 147 Å². The van der Waals surface area contributed by atoms with Gasteiger partial charge in [-0.15, -0.1) is 0 Å². The van der Waals surface area contributed by atoms with E-state index < -0.39 is 12.1 Å². The zero-order chi connectivity index (χ0) is 17.1. The summed E-state index contributed by atoms with van der Waals surface area (Å²) in [6.45, 7) is 2.08. The normalized spacial score (nSPS) is 13.5. The minimum absolute atomic E-state index is 0.493. The molecule has 0 spiro atoms. The molecule has 0 radical (unpaired) electrons. The van der Waals surface area contributed by atoms with Gasteiger partial charge in [0.15, 0.2) is 0 Å². The Morgan fingerprint density at radius 3 is 2.08 bits per heavy atom. The Hall–Kier alpha value is -2.13. The monoisotopic (exact) mass is 337 g/mol. The summed E-state index contributed by atoms with van der Waals surface area (Å²) in [5.74, 6) is 0. The molecule has 3 aromatic rings. The van der Waals surface area contributed by atoms with E-state index in [9.17, 15) is 5.11 Å². The minimum Gasteiger partial charge on any atom is -0.386 e. The summed E-state index contributed by atoms with van der Waals surface area (Å²) in [6.07, 6.45) is -0.766. The number of hydrogen-bond donors (Lipinski definition) is 2. The van der Waals surface area contributed by atoms with Crippen molar-refractivity contribution in [3.05, 3.63) is 94.5 Å². The third kappa shape index (κ3) is 3.68. The summed E-state index contributed by atoms with van der Waals surface area (Å²) in [4.78, 5) is 0. The molecule has 0 saturated carbocycles. The summed E-state index contributed by atoms with van der Waals surface area (Å²) in [5, 5.41) is 11.2. The molecule has 0 amide bonds. The van der Waals surface area contributed by atoms with Gasteiger partial charge in [-0.05, 0) is 41.3 Å². The van der Waals surface area contributed by atoms with Gasteiger partial charge in [-0.3, -0.25) is 0 Å². The quantitative estimate of drug-likeness (QED) is 0.699. The van der Waals surface area contributed by atoms with Gasteiger partial charge < -0.3 is 10.8 Å². The zero-order valence-electron chi connectivity index (χ0n) is 13.5. The largest absolute Gasteiger partial charge is 0.386 e. The average Bonchev–Trinajstić information content (AvgIpc) is 2.61. The van der Waals surface area contributed by atoms with Crippen LogP contribution in [-0.4, -0.2) is 5.11 Å². The molecule has 3 rings (SSSR count). The Kier molecular flexibility index (Phi) is 5.00. The highest BCUT2D eigenvalue weighted by Gasteiger charge is 2.18. The standard InChI is InChI=1S/C21H20ClNO/c1-14-3-2-4-18(13-14)15-5-7-17(8-6-15)21(24)20(23)16-9-11-19(22)12-10-16/h2-13,20-21,24H,23H2,1H3. The topological polar surface area (TPSA) is 46.2 Å². The maximum Gasteiger partial charge on any atom is 0.0982 e. The van der Waals surface area contributed by atoms with Crippen molar-refractivity contribution in [2.24, 2.45) is 5.73 Å². The lowest BCUT2D eigenvalue weighted by molar-refractivity contribution is 0.147. The fourth-order valence-corrected chi connectivity index (χ4v) is 2.90. The molecule has 3 N–H and O–H groups in total. The number of aliphatic hydroxyl groups excluding tert-OH is 1. The molecule has 2 unspecified atom stereocenters. The molecular formula is C21H20ClNO. The van der Waals surface area contributed by atoms with Crippen LogP contribution in [0.4, 0.5) is 0 Å². The molecule has 0 bridgehead atoms. The van der Waals surface area contributed by atoms with Crippen LogP contribution in [0, 0.1) is 6.92 Å². The average molecular weight is 338 g/mol. The first-order chi connectivity index (χ1) is 11.5. The smallest absolute Gasteiger partial charge is 0.0982 e. The van der Waals surface area contributed by atoms with E-state index in [2.05, 4.69) is 25.1 Å². The van der Waals surface area contributed by atoms with Crippen LogP contribution in [0.5, 0.6) is 0 Å². The molecule has 2 atom stereocenters. The van der Waals surface area contributed by atoms with Crippen molar-refractivity contribution < 1.29 is 5.11 Å². The summed E-state index contributed by atoms with van der Waals surface area (Å²) in [6, 6.07) is 23.0. The molecule has 0 aromatic heterocycles. The van der Waals surface area contributed by atoms with Crippen molar-refractivity contribution in [2.75, 3.05) is 0 Å². The predicted molar refractivity (Wildman–Crippen MR) is 100.0 cm³/mol. The van der Waals surface area contributed by atoms with Gasteiger partial charge in [0, 0.05) is 5.02 Å². The van der Waals surface area contributed by atoms with E-state index in [0.717, 1.165) is 22.3 Å². The first-order valence-corrected chi connectivity index (χ1v) is 8.28. The van der Waals surface area contributed by atoms with Crippen LogP contribution in [-0.2, 0) is 0 Å². The summed E-state index contributed by atoms with van der Waals surface area (Å²) in [7, 11) is 0. The van der Waals surface area contributed by atoms with Crippen molar-refractivity contribution in [2.45, 2.75) is 19.1 Å². The lowest BCUT2D eigenvalue weighted by Gasteiger charge is -2.20. The number of aryl methyl sites for hydroxylation is 1. The number of halogens is 1. The molecule has 24 heavy (non-hydrogen) atoms. The third-order valence-electron chi connectivity index (χ3n) is 4.20. The van der Waals surface area contributed by atoms with Crippen molar-refractivity contribution in [3.8, 4) is 11.1 Å². The number of benzene rings is 3. The van der Waals surface area contributed by atoms with Crippen LogP contribution in [0.3, 0.4) is 0 Å². The van der Waals surface area contributed by atoms with Crippen LogP contribution < -0.4 is 5.73 Å². The minimum atomic E-state index is -0.766. The number of aliphatic hydroxyl groups is 1. The van der Waals surface area contributed by atoms with Crippen molar-refractivity contribution in [1.29, 1.82) is 0 Å². The summed E-state index contributed by atoms with van der Waals surface area (Å²) < 4.78 is 0. The Morgan fingerprint density at radius 1 is 0.833 bits per heavy atom. The molecule has 122 valence electrons. The van der Waals surface area contributed by atoms with Gasteiger partial charge in [-0.1, -0.05) is 77.8 Å². The molecule has 0 saturated heterocycles.